The van der Waals surface area contributed by atoms with Crippen molar-refractivity contribution < 1.29 is 0 Å². The van der Waals surface area contributed by atoms with Crippen LogP contribution >= 0.6 is 11.8 Å². The van der Waals surface area contributed by atoms with Crippen molar-refractivity contribution in [3.63, 3.8) is 0 Å². The maximum Gasteiger partial charge on any atom is 0.0527 e. The lowest BCUT2D eigenvalue weighted by molar-refractivity contribution is 1.73. The minimum atomic E-state index is 1.15. The molecule has 0 aliphatic heterocycles. The van der Waals surface area contributed by atoms with E-state index < -0.39 is 0 Å². The maximum absolute atomic E-state index is 2.96. The van der Waals surface area contributed by atoms with Gasteiger partial charge in [-0.15, -0.1) is 17.7 Å². The average Bonchev–Trinajstić information content (AvgIpc) is 1.83. The third kappa shape index (κ3) is 2.76. The number of thioether (sulfide) groups is 1. The second kappa shape index (κ2) is 4.80. The van der Waals surface area contributed by atoms with E-state index in [1.54, 1.807) is 11.8 Å². The molecule has 1 heteroatoms. The van der Waals surface area contributed by atoms with Gasteiger partial charge in [0.1, 0.15) is 0 Å². The summed E-state index contributed by atoms with van der Waals surface area (Å²) in [5.74, 6) is 5.79. The Morgan fingerprint density at radius 1 is 1.62 bits per heavy atom. The molecule has 0 nitrogen and oxygen atoms in total. The Hall–Kier alpha value is -0.350. The first-order valence-electron chi connectivity index (χ1n) is 2.48. The van der Waals surface area contributed by atoms with Gasteiger partial charge in [-0.3, -0.25) is 0 Å². The third-order valence-electron chi connectivity index (χ3n) is 0.730. The van der Waals surface area contributed by atoms with E-state index in [1.807, 2.05) is 26.2 Å². The second-order valence-electron chi connectivity index (χ2n) is 1.23. The lowest BCUT2D eigenvalue weighted by Gasteiger charge is -1.85. The number of allylic oxidation sites excluding steroid dienone is 2. The van der Waals surface area contributed by atoms with Crippen LogP contribution in [0.5, 0.6) is 0 Å². The van der Waals surface area contributed by atoms with Crippen molar-refractivity contribution in [2.45, 2.75) is 13.8 Å². The first-order chi connectivity index (χ1) is 3.85. The molecule has 0 aromatic rings. The molecule has 0 saturated heterocycles. The first kappa shape index (κ1) is 7.65. The van der Waals surface area contributed by atoms with Gasteiger partial charge in [0.25, 0.3) is 0 Å². The zero-order chi connectivity index (χ0) is 6.41. The molecule has 8 heavy (non-hydrogen) atoms. The van der Waals surface area contributed by atoms with Gasteiger partial charge in [0.05, 0.1) is 4.91 Å². The summed E-state index contributed by atoms with van der Waals surface area (Å²) in [5.41, 5.74) is 0. The molecular weight excluding hydrogens is 116 g/mol. The summed E-state index contributed by atoms with van der Waals surface area (Å²) in [6.45, 7) is 3.84. The van der Waals surface area contributed by atoms with E-state index in [9.17, 15) is 0 Å². The van der Waals surface area contributed by atoms with Crippen LogP contribution in [-0.4, -0.2) is 6.26 Å². The van der Waals surface area contributed by atoms with Crippen molar-refractivity contribution in [1.82, 2.24) is 0 Å². The second-order valence-corrected chi connectivity index (χ2v) is 2.08. The van der Waals surface area contributed by atoms with E-state index in [-0.39, 0.29) is 0 Å². The molecule has 0 spiro atoms. The predicted molar refractivity (Wildman–Crippen MR) is 40.7 cm³/mol. The summed E-state index contributed by atoms with van der Waals surface area (Å²) < 4.78 is 0. The fourth-order valence-corrected chi connectivity index (χ4v) is 0.804. The molecule has 0 N–H and O–H groups in total. The van der Waals surface area contributed by atoms with Gasteiger partial charge in [-0.2, -0.15) is 0 Å². The van der Waals surface area contributed by atoms with Crippen LogP contribution in [0, 0.1) is 11.8 Å². The van der Waals surface area contributed by atoms with Gasteiger partial charge in [-0.05, 0) is 20.1 Å². The van der Waals surface area contributed by atoms with Gasteiger partial charge < -0.3 is 0 Å². The van der Waals surface area contributed by atoms with Crippen molar-refractivity contribution >= 4 is 11.8 Å². The first-order valence-corrected chi connectivity index (χ1v) is 3.70. The summed E-state index contributed by atoms with van der Waals surface area (Å²) in [7, 11) is 0. The third-order valence-corrected chi connectivity index (χ3v) is 1.51. The molecule has 0 saturated carbocycles. The van der Waals surface area contributed by atoms with Crippen molar-refractivity contribution in [3.8, 4) is 11.8 Å². The molecular formula is C7H10S. The Balaban J connectivity index is 3.86. The minimum absolute atomic E-state index is 1.15. The molecule has 0 rings (SSSR count). The van der Waals surface area contributed by atoms with Crippen molar-refractivity contribution in [1.29, 1.82) is 0 Å². The van der Waals surface area contributed by atoms with E-state index >= 15 is 0 Å². The topological polar surface area (TPSA) is 0 Å². The Morgan fingerprint density at radius 3 is 2.38 bits per heavy atom. The number of hydrogen-bond acceptors (Lipinski definition) is 1. The van der Waals surface area contributed by atoms with E-state index in [1.165, 1.54) is 0 Å². The molecule has 0 unspecified atom stereocenters. The van der Waals surface area contributed by atoms with Crippen molar-refractivity contribution in [3.05, 3.63) is 11.0 Å². The monoisotopic (exact) mass is 126 g/mol. The highest BCUT2D eigenvalue weighted by atomic mass is 32.2. The largest absolute Gasteiger partial charge is 0.121 e. The lowest BCUT2D eigenvalue weighted by Crippen LogP contribution is -1.63. The van der Waals surface area contributed by atoms with Crippen LogP contribution in [0.1, 0.15) is 13.8 Å². The number of hydrogen-bond donors (Lipinski definition) is 0. The normalized spacial score (nSPS) is 10.1. The van der Waals surface area contributed by atoms with Crippen LogP contribution in [0.15, 0.2) is 11.0 Å². The Labute approximate surface area is 55.4 Å². The van der Waals surface area contributed by atoms with Gasteiger partial charge in [0, 0.05) is 0 Å². The molecule has 0 heterocycles. The summed E-state index contributed by atoms with van der Waals surface area (Å²) >= 11 is 1.68. The Morgan fingerprint density at radius 2 is 2.25 bits per heavy atom. The Bertz CT molecular complexity index is 134. The zero-order valence-electron chi connectivity index (χ0n) is 5.49. The average molecular weight is 126 g/mol. The maximum atomic E-state index is 2.96. The minimum Gasteiger partial charge on any atom is -0.121 e. The molecule has 0 aliphatic rings. The van der Waals surface area contributed by atoms with Gasteiger partial charge in [0.15, 0.2) is 0 Å². The molecule has 0 aromatic heterocycles. The molecule has 0 aromatic carbocycles. The molecule has 0 amide bonds. The van der Waals surface area contributed by atoms with Crippen LogP contribution in [-0.2, 0) is 0 Å². The highest BCUT2D eigenvalue weighted by molar-refractivity contribution is 8.02. The highest BCUT2D eigenvalue weighted by Gasteiger charge is 1.80. The molecule has 0 atom stereocenters. The van der Waals surface area contributed by atoms with E-state index in [2.05, 4.69) is 11.8 Å². The van der Waals surface area contributed by atoms with E-state index in [0.717, 1.165) is 4.91 Å². The summed E-state index contributed by atoms with van der Waals surface area (Å²) in [6.07, 6.45) is 4.04. The fraction of sp³-hybridized carbons (Fsp3) is 0.429. The van der Waals surface area contributed by atoms with Gasteiger partial charge in [0.2, 0.25) is 0 Å². The van der Waals surface area contributed by atoms with E-state index in [4.69, 9.17) is 0 Å². The van der Waals surface area contributed by atoms with Crippen molar-refractivity contribution in [2.75, 3.05) is 6.26 Å². The smallest absolute Gasteiger partial charge is 0.0527 e. The van der Waals surface area contributed by atoms with Crippen LogP contribution < -0.4 is 0 Å². The Kier molecular flexibility index (Phi) is 4.59. The highest BCUT2D eigenvalue weighted by Crippen LogP contribution is 2.07. The molecule has 0 fully saturated rings. The fourth-order valence-electron chi connectivity index (χ4n) is 0.364. The van der Waals surface area contributed by atoms with Crippen molar-refractivity contribution in [2.24, 2.45) is 0 Å². The molecule has 0 radical (unpaired) electrons. The quantitative estimate of drug-likeness (QED) is 0.486. The lowest BCUT2D eigenvalue weighted by atomic mass is 10.5. The number of rotatable bonds is 1. The molecule has 0 aliphatic carbocycles. The molecule has 0 bridgehead atoms. The summed E-state index contributed by atoms with van der Waals surface area (Å²) in [5, 5.41) is 0. The molecule has 44 valence electrons. The standard InChI is InChI=1S/C7H10S/c1-4-6-7(5-2)8-3/h5H,1-3H3/b7-5+. The SMILES string of the molecule is CC#C/C(=C\C)SC. The van der Waals surface area contributed by atoms with Crippen LogP contribution in [0.25, 0.3) is 0 Å². The zero-order valence-corrected chi connectivity index (χ0v) is 6.30. The van der Waals surface area contributed by atoms with Gasteiger partial charge in [-0.25, -0.2) is 0 Å². The van der Waals surface area contributed by atoms with Crippen LogP contribution in [0.2, 0.25) is 0 Å². The van der Waals surface area contributed by atoms with E-state index in [0.29, 0.717) is 0 Å². The van der Waals surface area contributed by atoms with Gasteiger partial charge >= 0.3 is 0 Å². The summed E-state index contributed by atoms with van der Waals surface area (Å²) in [6, 6.07) is 0. The van der Waals surface area contributed by atoms with Crippen LogP contribution in [0.4, 0.5) is 0 Å². The summed E-state index contributed by atoms with van der Waals surface area (Å²) in [4.78, 5) is 1.15. The van der Waals surface area contributed by atoms with Gasteiger partial charge in [-0.1, -0.05) is 12.0 Å². The van der Waals surface area contributed by atoms with Crippen LogP contribution in [0.3, 0.4) is 0 Å². The predicted octanol–water partition coefficient (Wildman–Crippen LogP) is 2.28.